The summed E-state index contributed by atoms with van der Waals surface area (Å²) >= 11 is 0. The van der Waals surface area contributed by atoms with Gasteiger partial charge in [-0.2, -0.15) is 10.2 Å². The molecule has 1 amide bonds. The monoisotopic (exact) mass is 457 g/mol. The minimum Gasteiger partial charge on any atom is -0.336 e. The molecule has 0 bridgehead atoms. The molecule has 8 heteroatoms. The van der Waals surface area contributed by atoms with Crippen LogP contribution in [0.5, 0.6) is 0 Å². The van der Waals surface area contributed by atoms with E-state index in [-0.39, 0.29) is 5.91 Å². The van der Waals surface area contributed by atoms with E-state index in [1.807, 2.05) is 41.1 Å². The Morgan fingerprint density at radius 1 is 1.09 bits per heavy atom. The van der Waals surface area contributed by atoms with Gasteiger partial charge in [0.1, 0.15) is 0 Å². The lowest BCUT2D eigenvalue weighted by Crippen LogP contribution is -2.47. The molecule has 1 fully saturated rings. The minimum absolute atomic E-state index is 0.164. The maximum absolute atomic E-state index is 12.4. The van der Waals surface area contributed by atoms with E-state index in [9.17, 15) is 4.79 Å². The van der Waals surface area contributed by atoms with Crippen LogP contribution in [0, 0.1) is 5.92 Å². The predicted molar refractivity (Wildman–Crippen MR) is 132 cm³/mol. The topological polar surface area (TPSA) is 80.4 Å². The van der Waals surface area contributed by atoms with E-state index in [1.165, 1.54) is 11.1 Å². The SMILES string of the molecule is CC(C)CCc1cc(-c2nc(-c3cnn(C)c3)cn3nccc23)ccc1CN1CCNCC1=O. The summed E-state index contributed by atoms with van der Waals surface area (Å²) in [5.41, 5.74) is 7.21. The van der Waals surface area contributed by atoms with Crippen LogP contribution in [0.3, 0.4) is 0 Å². The molecule has 8 nitrogen and oxygen atoms in total. The van der Waals surface area contributed by atoms with Gasteiger partial charge in [0.2, 0.25) is 5.91 Å². The molecule has 0 unspecified atom stereocenters. The zero-order chi connectivity index (χ0) is 23.7. The van der Waals surface area contributed by atoms with Gasteiger partial charge in [-0.15, -0.1) is 0 Å². The number of benzene rings is 1. The Balaban J connectivity index is 1.56. The average molecular weight is 458 g/mol. The molecule has 0 radical (unpaired) electrons. The molecule has 4 heterocycles. The highest BCUT2D eigenvalue weighted by atomic mass is 16.2. The predicted octanol–water partition coefficient (Wildman–Crippen LogP) is 3.32. The second-order valence-corrected chi connectivity index (χ2v) is 9.45. The van der Waals surface area contributed by atoms with Gasteiger partial charge in [-0.1, -0.05) is 26.0 Å². The van der Waals surface area contributed by atoms with Gasteiger partial charge in [0, 0.05) is 44.0 Å². The van der Waals surface area contributed by atoms with Crippen molar-refractivity contribution < 1.29 is 4.79 Å². The van der Waals surface area contributed by atoms with Crippen molar-refractivity contribution in [3.05, 3.63) is 60.2 Å². The number of amides is 1. The first kappa shape index (κ1) is 22.3. The normalized spacial score (nSPS) is 14.5. The van der Waals surface area contributed by atoms with Gasteiger partial charge in [-0.05, 0) is 42.0 Å². The summed E-state index contributed by atoms with van der Waals surface area (Å²) in [7, 11) is 1.90. The second-order valence-electron chi connectivity index (χ2n) is 9.45. The smallest absolute Gasteiger partial charge is 0.236 e. The van der Waals surface area contributed by atoms with Crippen LogP contribution >= 0.6 is 0 Å². The van der Waals surface area contributed by atoms with Crippen LogP contribution in [0.4, 0.5) is 0 Å². The summed E-state index contributed by atoms with van der Waals surface area (Å²) in [6.45, 7) is 7.16. The van der Waals surface area contributed by atoms with E-state index in [4.69, 9.17) is 4.98 Å². The van der Waals surface area contributed by atoms with Crippen LogP contribution in [0.15, 0.2) is 49.1 Å². The van der Waals surface area contributed by atoms with Gasteiger partial charge in [-0.25, -0.2) is 9.50 Å². The largest absolute Gasteiger partial charge is 0.336 e. The molecule has 1 aliphatic heterocycles. The van der Waals surface area contributed by atoms with Crippen LogP contribution < -0.4 is 5.32 Å². The number of hydrogen-bond donors (Lipinski definition) is 1. The number of aromatic nitrogens is 5. The van der Waals surface area contributed by atoms with E-state index in [0.29, 0.717) is 19.0 Å². The molecule has 1 aromatic carbocycles. The van der Waals surface area contributed by atoms with Crippen LogP contribution in [0.2, 0.25) is 0 Å². The maximum atomic E-state index is 12.4. The Bertz CT molecular complexity index is 1320. The summed E-state index contributed by atoms with van der Waals surface area (Å²) in [5, 5.41) is 11.9. The number of carbonyl (C=O) groups excluding carboxylic acids is 1. The standard InChI is InChI=1S/C26H31N7O/c1-18(2)4-5-19-12-20(6-7-21(19)16-32-11-10-27-14-25(32)34)26-24-8-9-28-33(24)17-23(30-26)22-13-29-31(3)15-22/h6-9,12-13,15,17-18,27H,4-5,10-11,14,16H2,1-3H3. The third-order valence-corrected chi connectivity index (χ3v) is 6.41. The zero-order valence-corrected chi connectivity index (χ0v) is 20.0. The number of piperazine rings is 1. The first-order chi connectivity index (χ1) is 16.5. The minimum atomic E-state index is 0.164. The third-order valence-electron chi connectivity index (χ3n) is 6.41. The molecule has 0 spiro atoms. The van der Waals surface area contributed by atoms with Crippen molar-refractivity contribution in [2.24, 2.45) is 13.0 Å². The highest BCUT2D eigenvalue weighted by Gasteiger charge is 2.20. The van der Waals surface area contributed by atoms with E-state index >= 15 is 0 Å². The molecular weight excluding hydrogens is 426 g/mol. The Morgan fingerprint density at radius 3 is 2.74 bits per heavy atom. The van der Waals surface area contributed by atoms with E-state index < -0.39 is 0 Å². The number of aryl methyl sites for hydroxylation is 2. The van der Waals surface area contributed by atoms with Crippen molar-refractivity contribution >= 4 is 11.4 Å². The average Bonchev–Trinajstić information content (AvgIpc) is 3.48. The molecule has 0 saturated carbocycles. The van der Waals surface area contributed by atoms with Crippen molar-refractivity contribution in [2.75, 3.05) is 19.6 Å². The fourth-order valence-electron chi connectivity index (χ4n) is 4.46. The summed E-state index contributed by atoms with van der Waals surface area (Å²) < 4.78 is 3.66. The number of carbonyl (C=O) groups is 1. The number of hydrogen-bond acceptors (Lipinski definition) is 5. The fraction of sp³-hybridized carbons (Fsp3) is 0.385. The van der Waals surface area contributed by atoms with E-state index in [2.05, 4.69) is 47.6 Å². The Hall–Kier alpha value is -3.52. The van der Waals surface area contributed by atoms with Crippen LogP contribution in [-0.4, -0.2) is 54.8 Å². The molecule has 176 valence electrons. The first-order valence-corrected chi connectivity index (χ1v) is 11.9. The summed E-state index contributed by atoms with van der Waals surface area (Å²) in [6.07, 6.45) is 9.60. The van der Waals surface area contributed by atoms with Crippen molar-refractivity contribution in [2.45, 2.75) is 33.2 Å². The quantitative estimate of drug-likeness (QED) is 0.461. The van der Waals surface area contributed by atoms with Crippen LogP contribution in [0.1, 0.15) is 31.4 Å². The van der Waals surface area contributed by atoms with Gasteiger partial charge in [0.05, 0.1) is 42.0 Å². The molecule has 1 aliphatic rings. The van der Waals surface area contributed by atoms with Gasteiger partial charge in [-0.3, -0.25) is 9.48 Å². The van der Waals surface area contributed by atoms with Crippen molar-refractivity contribution in [3.8, 4) is 22.5 Å². The lowest BCUT2D eigenvalue weighted by molar-refractivity contribution is -0.132. The van der Waals surface area contributed by atoms with Gasteiger partial charge in [0.15, 0.2) is 0 Å². The molecule has 1 saturated heterocycles. The molecule has 4 aromatic rings. The highest BCUT2D eigenvalue weighted by molar-refractivity contribution is 5.80. The van der Waals surface area contributed by atoms with Crippen molar-refractivity contribution in [1.82, 2.24) is 34.6 Å². The van der Waals surface area contributed by atoms with Crippen molar-refractivity contribution in [1.29, 1.82) is 0 Å². The van der Waals surface area contributed by atoms with E-state index in [0.717, 1.165) is 54.0 Å². The highest BCUT2D eigenvalue weighted by Crippen LogP contribution is 2.29. The Morgan fingerprint density at radius 2 is 1.97 bits per heavy atom. The lowest BCUT2D eigenvalue weighted by atomic mass is 9.95. The van der Waals surface area contributed by atoms with Crippen LogP contribution in [0.25, 0.3) is 28.0 Å². The zero-order valence-electron chi connectivity index (χ0n) is 20.0. The molecule has 1 N–H and O–H groups in total. The fourth-order valence-corrected chi connectivity index (χ4v) is 4.46. The molecule has 0 aliphatic carbocycles. The number of fused-ring (bicyclic) bond motifs is 1. The number of nitrogens with one attached hydrogen (secondary N) is 1. The van der Waals surface area contributed by atoms with Gasteiger partial charge in [0.25, 0.3) is 0 Å². The first-order valence-electron chi connectivity index (χ1n) is 11.9. The molecule has 3 aromatic heterocycles. The molecule has 5 rings (SSSR count). The maximum Gasteiger partial charge on any atom is 0.236 e. The number of nitrogens with zero attached hydrogens (tertiary/aromatic N) is 6. The summed E-state index contributed by atoms with van der Waals surface area (Å²) in [5.74, 6) is 0.767. The summed E-state index contributed by atoms with van der Waals surface area (Å²) in [4.78, 5) is 19.4. The molecular formula is C26H31N7O. The van der Waals surface area contributed by atoms with Gasteiger partial charge < -0.3 is 10.2 Å². The van der Waals surface area contributed by atoms with E-state index in [1.54, 1.807) is 10.9 Å². The second kappa shape index (κ2) is 9.38. The van der Waals surface area contributed by atoms with Crippen LogP contribution in [-0.2, 0) is 24.8 Å². The van der Waals surface area contributed by atoms with Gasteiger partial charge >= 0.3 is 0 Å². The molecule has 34 heavy (non-hydrogen) atoms. The Labute approximate surface area is 199 Å². The lowest BCUT2D eigenvalue weighted by Gasteiger charge is -2.28. The van der Waals surface area contributed by atoms with Crippen molar-refractivity contribution in [3.63, 3.8) is 0 Å². The third kappa shape index (κ3) is 4.59. The Kier molecular flexibility index (Phi) is 6.15. The summed E-state index contributed by atoms with van der Waals surface area (Å²) in [6, 6.07) is 8.55. The number of rotatable bonds is 7. The molecule has 0 atom stereocenters.